The first kappa shape index (κ1) is 14.2. The number of nitrogens with one attached hydrogen (secondary N) is 1. The van der Waals surface area contributed by atoms with Crippen LogP contribution in [0.4, 0.5) is 5.69 Å². The fraction of sp³-hybridized carbons (Fsp3) is 0.0556. The number of benzene rings is 2. The van der Waals surface area contributed by atoms with Crippen LogP contribution in [0.15, 0.2) is 65.7 Å². The second-order valence-electron chi connectivity index (χ2n) is 5.57. The third-order valence-electron chi connectivity index (χ3n) is 3.84. The fourth-order valence-electron chi connectivity index (χ4n) is 2.71. The number of H-pyrrole nitrogens is 1. The number of nitrogens with zero attached hydrogens (tertiary/aromatic N) is 3. The van der Waals surface area contributed by atoms with Crippen LogP contribution in [0.5, 0.6) is 0 Å². The lowest BCUT2D eigenvalue weighted by Gasteiger charge is -2.05. The van der Waals surface area contributed by atoms with Crippen LogP contribution in [-0.4, -0.2) is 19.5 Å². The maximum absolute atomic E-state index is 12.5. The number of fused-ring (bicyclic) bond motifs is 1. The average Bonchev–Trinajstić information content (AvgIpc) is 2.99. The summed E-state index contributed by atoms with van der Waals surface area (Å²) >= 11 is 0. The van der Waals surface area contributed by atoms with Crippen molar-refractivity contribution in [2.75, 3.05) is 5.73 Å². The maximum Gasteiger partial charge on any atom is 0.277 e. The quantitative estimate of drug-likeness (QED) is 0.568. The van der Waals surface area contributed by atoms with Crippen LogP contribution in [0, 0.1) is 0 Å². The molecule has 0 amide bonds. The van der Waals surface area contributed by atoms with Gasteiger partial charge in [-0.1, -0.05) is 42.5 Å². The lowest BCUT2D eigenvalue weighted by molar-refractivity contribution is 0.819. The van der Waals surface area contributed by atoms with Crippen molar-refractivity contribution < 1.29 is 0 Å². The summed E-state index contributed by atoms with van der Waals surface area (Å²) in [6.07, 6.45) is 1.64. The number of anilines is 1. The molecule has 6 nitrogen and oxygen atoms in total. The Bertz CT molecular complexity index is 1070. The fourth-order valence-corrected chi connectivity index (χ4v) is 2.71. The molecule has 0 unspecified atom stereocenters. The van der Waals surface area contributed by atoms with E-state index in [0.717, 1.165) is 11.1 Å². The van der Waals surface area contributed by atoms with E-state index in [1.807, 2.05) is 42.5 Å². The van der Waals surface area contributed by atoms with E-state index < -0.39 is 0 Å². The molecule has 0 aliphatic carbocycles. The minimum Gasteiger partial charge on any atom is -0.399 e. The van der Waals surface area contributed by atoms with E-state index in [1.165, 1.54) is 0 Å². The molecule has 2 aromatic carbocycles. The molecule has 0 saturated carbocycles. The van der Waals surface area contributed by atoms with Crippen LogP contribution in [0.3, 0.4) is 0 Å². The van der Waals surface area contributed by atoms with Crippen molar-refractivity contribution in [3.05, 3.63) is 76.8 Å². The molecule has 3 N–H and O–H groups in total. The molecule has 24 heavy (non-hydrogen) atoms. The standard InChI is InChI=1S/C18H15N5O/c19-14-8-4-7-13(9-14)16-21-17-15(18(24)22-16)23(11-20-17)10-12-5-2-1-3-6-12/h1-9,11H,10,19H2,(H,21,22,24). The topological polar surface area (TPSA) is 89.6 Å². The van der Waals surface area contributed by atoms with Crippen molar-refractivity contribution in [2.24, 2.45) is 0 Å². The largest absolute Gasteiger partial charge is 0.399 e. The van der Waals surface area contributed by atoms with Gasteiger partial charge < -0.3 is 15.3 Å². The van der Waals surface area contributed by atoms with E-state index in [-0.39, 0.29) is 5.56 Å². The van der Waals surface area contributed by atoms with Gasteiger partial charge in [0.05, 0.1) is 6.33 Å². The molecule has 0 saturated heterocycles. The molecule has 0 fully saturated rings. The SMILES string of the molecule is Nc1cccc(-c2nc3ncn(Cc4ccccc4)c3c(=O)[nH]2)c1. The molecule has 0 spiro atoms. The van der Waals surface area contributed by atoms with E-state index in [2.05, 4.69) is 15.0 Å². The highest BCUT2D eigenvalue weighted by Crippen LogP contribution is 2.18. The number of aromatic nitrogens is 4. The van der Waals surface area contributed by atoms with Crippen LogP contribution >= 0.6 is 0 Å². The number of imidazole rings is 1. The van der Waals surface area contributed by atoms with Gasteiger partial charge in [0.15, 0.2) is 11.2 Å². The molecule has 118 valence electrons. The van der Waals surface area contributed by atoms with Gasteiger partial charge >= 0.3 is 0 Å². The molecule has 0 aliphatic heterocycles. The van der Waals surface area contributed by atoms with Crippen LogP contribution < -0.4 is 11.3 Å². The van der Waals surface area contributed by atoms with E-state index in [9.17, 15) is 4.79 Å². The molecule has 0 atom stereocenters. The average molecular weight is 317 g/mol. The van der Waals surface area contributed by atoms with E-state index >= 15 is 0 Å². The lowest BCUT2D eigenvalue weighted by Crippen LogP contribution is -2.13. The third kappa shape index (κ3) is 2.54. The Morgan fingerprint density at radius 1 is 1.08 bits per heavy atom. The van der Waals surface area contributed by atoms with Gasteiger partial charge in [0.1, 0.15) is 5.82 Å². The molecule has 0 bridgehead atoms. The number of hydrogen-bond acceptors (Lipinski definition) is 4. The maximum atomic E-state index is 12.5. The van der Waals surface area contributed by atoms with E-state index in [4.69, 9.17) is 5.73 Å². The van der Waals surface area contributed by atoms with Gasteiger partial charge in [-0.2, -0.15) is 0 Å². The number of hydrogen-bond donors (Lipinski definition) is 2. The molecule has 4 rings (SSSR count). The minimum absolute atomic E-state index is 0.217. The summed E-state index contributed by atoms with van der Waals surface area (Å²) in [5, 5.41) is 0. The molecule has 4 aromatic rings. The molecular weight excluding hydrogens is 302 g/mol. The third-order valence-corrected chi connectivity index (χ3v) is 3.84. The highest BCUT2D eigenvalue weighted by Gasteiger charge is 2.12. The van der Waals surface area contributed by atoms with Crippen molar-refractivity contribution >= 4 is 16.9 Å². The summed E-state index contributed by atoms with van der Waals surface area (Å²) < 4.78 is 1.81. The van der Waals surface area contributed by atoms with Gasteiger partial charge in [0, 0.05) is 17.8 Å². The summed E-state index contributed by atoms with van der Waals surface area (Å²) in [5.74, 6) is 0.463. The van der Waals surface area contributed by atoms with E-state index in [0.29, 0.717) is 29.2 Å². The first-order chi connectivity index (χ1) is 11.7. The van der Waals surface area contributed by atoms with Gasteiger partial charge in [0.25, 0.3) is 5.56 Å². The predicted molar refractivity (Wildman–Crippen MR) is 93.5 cm³/mol. The highest BCUT2D eigenvalue weighted by atomic mass is 16.1. The zero-order valence-corrected chi connectivity index (χ0v) is 12.8. The summed E-state index contributed by atoms with van der Waals surface area (Å²) in [4.78, 5) is 24.1. The van der Waals surface area contributed by atoms with Crippen molar-refractivity contribution in [1.29, 1.82) is 0 Å². The Morgan fingerprint density at radius 2 is 1.92 bits per heavy atom. The van der Waals surface area contributed by atoms with Crippen LogP contribution in [-0.2, 0) is 6.54 Å². The Labute approximate surface area is 137 Å². The van der Waals surface area contributed by atoms with E-state index in [1.54, 1.807) is 23.0 Å². The van der Waals surface area contributed by atoms with Crippen LogP contribution in [0.2, 0.25) is 0 Å². The first-order valence-corrected chi connectivity index (χ1v) is 7.56. The zero-order chi connectivity index (χ0) is 16.5. The number of nitrogens with two attached hydrogens (primary N) is 1. The van der Waals surface area contributed by atoms with Gasteiger partial charge in [-0.15, -0.1) is 0 Å². The zero-order valence-electron chi connectivity index (χ0n) is 12.8. The summed E-state index contributed by atoms with van der Waals surface area (Å²) in [6.45, 7) is 0.569. The van der Waals surface area contributed by atoms with Crippen molar-refractivity contribution in [2.45, 2.75) is 6.54 Å². The Balaban J connectivity index is 1.80. The lowest BCUT2D eigenvalue weighted by atomic mass is 10.2. The molecule has 6 heteroatoms. The Morgan fingerprint density at radius 3 is 2.71 bits per heavy atom. The molecule has 0 aliphatic rings. The Hall–Kier alpha value is -3.41. The normalized spacial score (nSPS) is 11.0. The van der Waals surface area contributed by atoms with Crippen molar-refractivity contribution in [3.63, 3.8) is 0 Å². The van der Waals surface area contributed by atoms with Gasteiger partial charge in [-0.25, -0.2) is 9.97 Å². The van der Waals surface area contributed by atoms with Gasteiger partial charge in [-0.3, -0.25) is 4.79 Å². The van der Waals surface area contributed by atoms with Gasteiger partial charge in [-0.05, 0) is 17.7 Å². The smallest absolute Gasteiger partial charge is 0.277 e. The number of nitrogen functional groups attached to an aromatic ring is 1. The molecular formula is C18H15N5O. The van der Waals surface area contributed by atoms with Crippen molar-refractivity contribution in [1.82, 2.24) is 19.5 Å². The number of aromatic amines is 1. The molecule has 2 aromatic heterocycles. The molecule has 2 heterocycles. The van der Waals surface area contributed by atoms with Gasteiger partial charge in [0.2, 0.25) is 0 Å². The van der Waals surface area contributed by atoms with Crippen LogP contribution in [0.25, 0.3) is 22.6 Å². The Kier molecular flexibility index (Phi) is 3.35. The monoisotopic (exact) mass is 317 g/mol. The second kappa shape index (κ2) is 5.66. The highest BCUT2D eigenvalue weighted by molar-refractivity contribution is 5.73. The molecule has 0 radical (unpaired) electrons. The summed E-state index contributed by atoms with van der Waals surface area (Å²) in [7, 11) is 0. The predicted octanol–water partition coefficient (Wildman–Crippen LogP) is 2.42. The van der Waals surface area contributed by atoms with Crippen LogP contribution in [0.1, 0.15) is 5.56 Å². The number of rotatable bonds is 3. The first-order valence-electron chi connectivity index (χ1n) is 7.56. The minimum atomic E-state index is -0.217. The summed E-state index contributed by atoms with van der Waals surface area (Å²) in [6, 6.07) is 17.1. The summed E-state index contributed by atoms with van der Waals surface area (Å²) in [5.41, 5.74) is 8.93. The second-order valence-corrected chi connectivity index (χ2v) is 5.57. The van der Waals surface area contributed by atoms with Crippen molar-refractivity contribution in [3.8, 4) is 11.4 Å².